The van der Waals surface area contributed by atoms with Crippen LogP contribution in [0.2, 0.25) is 0 Å². The number of nitrogens with one attached hydrogen (secondary N) is 1. The van der Waals surface area contributed by atoms with Crippen molar-refractivity contribution in [3.05, 3.63) is 92.4 Å². The summed E-state index contributed by atoms with van der Waals surface area (Å²) in [6, 6.07) is 4.96. The van der Waals surface area contributed by atoms with E-state index in [0.717, 1.165) is 10.5 Å². The molecule has 13 heteroatoms. The van der Waals surface area contributed by atoms with Gasteiger partial charge in [0.2, 0.25) is 0 Å². The molecule has 0 aliphatic carbocycles. The number of amides is 1. The fraction of sp³-hybridized carbons (Fsp3) is 0.333. The largest absolute Gasteiger partial charge is 0.394 e. The monoisotopic (exact) mass is 629 g/mol. The summed E-state index contributed by atoms with van der Waals surface area (Å²) >= 11 is 0. The van der Waals surface area contributed by atoms with Crippen LogP contribution in [-0.2, 0) is 4.79 Å². The van der Waals surface area contributed by atoms with Gasteiger partial charge in [-0.3, -0.25) is 33.6 Å². The Labute approximate surface area is 261 Å². The minimum absolute atomic E-state index is 0.00789. The molecule has 46 heavy (non-hydrogen) atoms. The summed E-state index contributed by atoms with van der Waals surface area (Å²) in [5.74, 6) is -3.00. The zero-order valence-corrected chi connectivity index (χ0v) is 25.8. The molecule has 1 aromatic carbocycles. The van der Waals surface area contributed by atoms with Crippen LogP contribution in [0.4, 0.5) is 8.78 Å². The smallest absolute Gasteiger partial charge is 0.322 e. The van der Waals surface area contributed by atoms with Gasteiger partial charge in [-0.15, -0.1) is 0 Å². The molecule has 0 radical (unpaired) electrons. The van der Waals surface area contributed by atoms with Crippen molar-refractivity contribution in [1.82, 2.24) is 34.2 Å². The minimum atomic E-state index is -1.17. The molecular formula is C33H33F2N7O4. The van der Waals surface area contributed by atoms with E-state index in [9.17, 15) is 23.9 Å². The number of aromatic amines is 1. The van der Waals surface area contributed by atoms with Crippen LogP contribution in [-0.4, -0.2) is 64.4 Å². The number of carbonyl (C=O) groups excluding carboxylic acids is 1. The number of pyridine rings is 2. The van der Waals surface area contributed by atoms with Gasteiger partial charge in [0, 0.05) is 35.8 Å². The number of H-pyrrole nitrogens is 1. The summed E-state index contributed by atoms with van der Waals surface area (Å²) < 4.78 is 32.5. The van der Waals surface area contributed by atoms with Gasteiger partial charge in [-0.05, 0) is 55.9 Å². The van der Waals surface area contributed by atoms with Crippen molar-refractivity contribution < 1.29 is 18.7 Å². The molecule has 4 aromatic heterocycles. The highest BCUT2D eigenvalue weighted by molar-refractivity contribution is 5.96. The fourth-order valence-corrected chi connectivity index (χ4v) is 6.55. The molecule has 0 saturated carbocycles. The van der Waals surface area contributed by atoms with E-state index < -0.39 is 47.4 Å². The van der Waals surface area contributed by atoms with Crippen LogP contribution in [0.3, 0.4) is 0 Å². The Bertz CT molecular complexity index is 2170. The second-order valence-electron chi connectivity index (χ2n) is 12.0. The Morgan fingerprint density at radius 1 is 1.17 bits per heavy atom. The minimum Gasteiger partial charge on any atom is -0.394 e. The highest BCUT2D eigenvalue weighted by atomic mass is 19.1. The lowest BCUT2D eigenvalue weighted by Crippen LogP contribution is -2.51. The van der Waals surface area contributed by atoms with Gasteiger partial charge in [0.1, 0.15) is 5.69 Å². The van der Waals surface area contributed by atoms with Crippen molar-refractivity contribution in [3.8, 4) is 16.9 Å². The molecule has 1 saturated heterocycles. The second-order valence-corrected chi connectivity index (χ2v) is 12.0. The Balaban J connectivity index is 1.68. The van der Waals surface area contributed by atoms with E-state index in [1.54, 1.807) is 25.4 Å². The van der Waals surface area contributed by atoms with Gasteiger partial charge in [0.25, 0.3) is 5.91 Å². The molecule has 1 aliphatic rings. The van der Waals surface area contributed by atoms with Gasteiger partial charge in [0.15, 0.2) is 17.3 Å². The fourth-order valence-electron chi connectivity index (χ4n) is 6.55. The van der Waals surface area contributed by atoms with E-state index >= 15 is 4.39 Å². The van der Waals surface area contributed by atoms with Crippen molar-refractivity contribution >= 4 is 28.0 Å². The molecule has 2 N–H and O–H groups in total. The Kier molecular flexibility index (Phi) is 7.88. The quantitative estimate of drug-likeness (QED) is 0.210. The van der Waals surface area contributed by atoms with Crippen molar-refractivity contribution in [1.29, 1.82) is 0 Å². The number of fused-ring (bicyclic) bond motifs is 2. The van der Waals surface area contributed by atoms with Crippen LogP contribution in [0.5, 0.6) is 0 Å². The molecule has 1 aliphatic heterocycles. The molecule has 1 amide bonds. The Morgan fingerprint density at radius 2 is 1.93 bits per heavy atom. The first-order valence-electron chi connectivity index (χ1n) is 15.0. The maximum Gasteiger partial charge on any atom is 0.322 e. The van der Waals surface area contributed by atoms with Crippen molar-refractivity contribution in [2.45, 2.75) is 58.5 Å². The molecule has 6 rings (SSSR count). The topological polar surface area (TPSA) is 139 Å². The van der Waals surface area contributed by atoms with Crippen LogP contribution in [0.25, 0.3) is 39.0 Å². The summed E-state index contributed by atoms with van der Waals surface area (Å²) in [6.07, 6.45) is 3.34. The predicted molar refractivity (Wildman–Crippen MR) is 169 cm³/mol. The SMILES string of the molecule is C=C(F)C(=O)N1CCC(n2c(=O)c(=O)n(-c3c(C)ccnc3C(C)C)c3nc(-c4c(C)ccc5[nH]ncc45)c(F)cc32)C[C@@H]1CO. The van der Waals surface area contributed by atoms with Gasteiger partial charge in [-0.2, -0.15) is 5.10 Å². The van der Waals surface area contributed by atoms with Crippen molar-refractivity contribution in [2.24, 2.45) is 0 Å². The first kappa shape index (κ1) is 31.0. The molecule has 0 spiro atoms. The lowest BCUT2D eigenvalue weighted by atomic mass is 9.96. The van der Waals surface area contributed by atoms with Crippen molar-refractivity contribution in [3.63, 3.8) is 0 Å². The third-order valence-electron chi connectivity index (χ3n) is 8.76. The lowest BCUT2D eigenvalue weighted by molar-refractivity contribution is -0.134. The number of aromatic nitrogens is 6. The number of aliphatic hydroxyl groups is 1. The van der Waals surface area contributed by atoms with Crippen LogP contribution >= 0.6 is 0 Å². The van der Waals surface area contributed by atoms with Gasteiger partial charge in [0.05, 0.1) is 41.3 Å². The van der Waals surface area contributed by atoms with Gasteiger partial charge in [-0.25, -0.2) is 13.8 Å². The summed E-state index contributed by atoms with van der Waals surface area (Å²) in [6.45, 7) is 9.97. The molecule has 2 atom stereocenters. The summed E-state index contributed by atoms with van der Waals surface area (Å²) in [7, 11) is 0. The maximum atomic E-state index is 16.4. The first-order valence-corrected chi connectivity index (χ1v) is 15.0. The molecule has 1 unspecified atom stereocenters. The zero-order chi connectivity index (χ0) is 33.0. The first-order chi connectivity index (χ1) is 21.9. The standard InChI is InChI=1S/C33H33F2N7O4/c1-16(2)27-29(18(4)8-10-36-27)42-30-25(13-23(35)28(38-30)26-17(3)6-7-24-22(26)14-37-39-24)41(32(45)33(42)46)20-9-11-40(21(12-20)15-43)31(44)19(5)34/h6-8,10,13-14,16,20-21,43H,5,9,11-12,15H2,1-4H3,(H,37,39)/t20?,21-/m1/s1. The van der Waals surface area contributed by atoms with Gasteiger partial charge in [-0.1, -0.05) is 26.5 Å². The van der Waals surface area contributed by atoms with E-state index in [4.69, 9.17) is 4.98 Å². The Morgan fingerprint density at radius 3 is 2.63 bits per heavy atom. The number of rotatable bonds is 6. The van der Waals surface area contributed by atoms with Crippen LogP contribution < -0.4 is 11.1 Å². The average Bonchev–Trinajstić information content (AvgIpc) is 3.50. The number of halogens is 2. The van der Waals surface area contributed by atoms with E-state index in [2.05, 4.69) is 21.8 Å². The van der Waals surface area contributed by atoms with Gasteiger partial charge >= 0.3 is 11.1 Å². The summed E-state index contributed by atoms with van der Waals surface area (Å²) in [5.41, 5.74) is 1.70. The van der Waals surface area contributed by atoms with Gasteiger partial charge < -0.3 is 10.0 Å². The van der Waals surface area contributed by atoms with Crippen LogP contribution in [0, 0.1) is 19.7 Å². The number of likely N-dealkylation sites (tertiary alicyclic amines) is 1. The summed E-state index contributed by atoms with van der Waals surface area (Å²) in [4.78, 5) is 51.2. The van der Waals surface area contributed by atoms with Crippen LogP contribution in [0.15, 0.2) is 58.7 Å². The third-order valence-corrected chi connectivity index (χ3v) is 8.76. The number of hydrogen-bond donors (Lipinski definition) is 2. The average molecular weight is 630 g/mol. The number of benzene rings is 1. The number of hydrogen-bond acceptors (Lipinski definition) is 7. The molecular weight excluding hydrogens is 596 g/mol. The van der Waals surface area contributed by atoms with E-state index in [1.807, 2.05) is 32.9 Å². The highest BCUT2D eigenvalue weighted by Gasteiger charge is 2.35. The third kappa shape index (κ3) is 4.91. The molecule has 0 bridgehead atoms. The zero-order valence-electron chi connectivity index (χ0n) is 25.8. The highest BCUT2D eigenvalue weighted by Crippen LogP contribution is 2.36. The molecule has 1 fully saturated rings. The lowest BCUT2D eigenvalue weighted by Gasteiger charge is -2.39. The van der Waals surface area contributed by atoms with E-state index in [0.29, 0.717) is 33.4 Å². The molecule has 5 heterocycles. The second kappa shape index (κ2) is 11.7. The number of piperidine rings is 1. The molecule has 11 nitrogen and oxygen atoms in total. The maximum absolute atomic E-state index is 16.4. The normalized spacial score (nSPS) is 16.9. The van der Waals surface area contributed by atoms with E-state index in [-0.39, 0.29) is 42.2 Å². The number of carbonyl (C=O) groups is 1. The summed E-state index contributed by atoms with van der Waals surface area (Å²) in [5, 5.41) is 17.7. The Hall–Kier alpha value is -5.04. The van der Waals surface area contributed by atoms with E-state index in [1.165, 1.54) is 15.2 Å². The van der Waals surface area contributed by atoms with Crippen molar-refractivity contribution in [2.75, 3.05) is 13.2 Å². The number of aryl methyl sites for hydroxylation is 2. The molecule has 238 valence electrons. The molecule has 5 aromatic rings. The number of nitrogens with zero attached hydrogens (tertiary/aromatic N) is 6. The number of aliphatic hydroxyl groups excluding tert-OH is 1. The van der Waals surface area contributed by atoms with Crippen LogP contribution in [0.1, 0.15) is 55.5 Å². The predicted octanol–water partition coefficient (Wildman–Crippen LogP) is 4.37.